The summed E-state index contributed by atoms with van der Waals surface area (Å²) in [6, 6.07) is 15.8. The van der Waals surface area contributed by atoms with Crippen LogP contribution in [0.1, 0.15) is 22.8 Å². The lowest BCUT2D eigenvalue weighted by molar-refractivity contribution is 0.101. The normalized spacial score (nSPS) is 10.2. The molecule has 2 rings (SSSR count). The Morgan fingerprint density at radius 3 is 2.58 bits per heavy atom. The molecule has 0 radical (unpaired) electrons. The van der Waals surface area contributed by atoms with Crippen molar-refractivity contribution in [2.24, 2.45) is 0 Å². The van der Waals surface area contributed by atoms with Crippen molar-refractivity contribution >= 4 is 17.2 Å². The number of nitrogen functional groups attached to an aromatic ring is 1. The number of nitrogens with one attached hydrogen (secondary N) is 1. The van der Waals surface area contributed by atoms with Gasteiger partial charge in [-0.1, -0.05) is 30.3 Å². The number of hydrogen-bond acceptors (Lipinski definition) is 3. The number of ketones is 1. The molecule has 0 fully saturated rings. The summed E-state index contributed by atoms with van der Waals surface area (Å²) < 4.78 is 0. The first kappa shape index (κ1) is 13.1. The predicted octanol–water partition coefficient (Wildman–Crippen LogP) is 3.13. The fourth-order valence-electron chi connectivity index (χ4n) is 1.97. The van der Waals surface area contributed by atoms with Gasteiger partial charge in [-0.15, -0.1) is 0 Å². The van der Waals surface area contributed by atoms with E-state index in [0.29, 0.717) is 11.3 Å². The molecule has 3 N–H and O–H groups in total. The second kappa shape index (κ2) is 6.05. The molecule has 0 bridgehead atoms. The van der Waals surface area contributed by atoms with Crippen LogP contribution in [0.4, 0.5) is 11.4 Å². The Hall–Kier alpha value is -2.29. The van der Waals surface area contributed by atoms with E-state index in [4.69, 9.17) is 5.73 Å². The third-order valence-electron chi connectivity index (χ3n) is 3.02. The molecule has 0 spiro atoms. The standard InChI is InChI=1S/C16H18N2O/c1-12(19)15-11-14(7-8-16(15)17)18-10-9-13-5-3-2-4-6-13/h2-8,11,18H,9-10,17H2,1H3. The largest absolute Gasteiger partial charge is 0.398 e. The smallest absolute Gasteiger partial charge is 0.161 e. The van der Waals surface area contributed by atoms with Crippen LogP contribution in [-0.2, 0) is 6.42 Å². The number of nitrogens with two attached hydrogens (primary N) is 1. The first-order valence-corrected chi connectivity index (χ1v) is 6.35. The summed E-state index contributed by atoms with van der Waals surface area (Å²) in [6.45, 7) is 2.35. The molecule has 3 heteroatoms. The summed E-state index contributed by atoms with van der Waals surface area (Å²) in [5, 5.41) is 3.31. The van der Waals surface area contributed by atoms with Crippen molar-refractivity contribution in [2.45, 2.75) is 13.3 Å². The van der Waals surface area contributed by atoms with E-state index in [9.17, 15) is 4.79 Å². The first-order valence-electron chi connectivity index (χ1n) is 6.35. The first-order chi connectivity index (χ1) is 9.16. The van der Waals surface area contributed by atoms with Crippen LogP contribution in [0.15, 0.2) is 48.5 Å². The molecule has 2 aromatic rings. The predicted molar refractivity (Wildman–Crippen MR) is 79.5 cm³/mol. The van der Waals surface area contributed by atoms with Crippen molar-refractivity contribution < 1.29 is 4.79 Å². The van der Waals surface area contributed by atoms with Crippen molar-refractivity contribution in [1.82, 2.24) is 0 Å². The summed E-state index contributed by atoms with van der Waals surface area (Å²) in [7, 11) is 0. The van der Waals surface area contributed by atoms with E-state index < -0.39 is 0 Å². The average molecular weight is 254 g/mol. The lowest BCUT2D eigenvalue weighted by Crippen LogP contribution is -2.07. The summed E-state index contributed by atoms with van der Waals surface area (Å²) in [6.07, 6.45) is 0.945. The third-order valence-corrected chi connectivity index (χ3v) is 3.02. The van der Waals surface area contributed by atoms with E-state index in [-0.39, 0.29) is 5.78 Å². The topological polar surface area (TPSA) is 55.1 Å². The molecule has 0 amide bonds. The van der Waals surface area contributed by atoms with Crippen LogP contribution < -0.4 is 11.1 Å². The number of benzene rings is 2. The van der Waals surface area contributed by atoms with Gasteiger partial charge in [-0.3, -0.25) is 4.79 Å². The van der Waals surface area contributed by atoms with Crippen LogP contribution in [-0.4, -0.2) is 12.3 Å². The highest BCUT2D eigenvalue weighted by atomic mass is 16.1. The minimum atomic E-state index is -0.00999. The average Bonchev–Trinajstić information content (AvgIpc) is 2.41. The molecule has 0 aromatic heterocycles. The third kappa shape index (κ3) is 3.58. The molecule has 19 heavy (non-hydrogen) atoms. The minimum Gasteiger partial charge on any atom is -0.398 e. The number of hydrogen-bond donors (Lipinski definition) is 2. The number of Topliss-reactive ketones (excluding diaryl/α,β-unsaturated/α-hetero) is 1. The van der Waals surface area contributed by atoms with Crippen molar-refractivity contribution in [3.63, 3.8) is 0 Å². The molecule has 3 nitrogen and oxygen atoms in total. The van der Waals surface area contributed by atoms with Crippen LogP contribution in [0.3, 0.4) is 0 Å². The zero-order chi connectivity index (χ0) is 13.7. The zero-order valence-corrected chi connectivity index (χ0v) is 11.0. The maximum atomic E-state index is 11.4. The Labute approximate surface area is 113 Å². The molecule has 0 heterocycles. The van der Waals surface area contributed by atoms with Crippen LogP contribution in [0.2, 0.25) is 0 Å². The Balaban J connectivity index is 1.97. The number of carbonyl (C=O) groups excluding carboxylic acids is 1. The zero-order valence-electron chi connectivity index (χ0n) is 11.0. The van der Waals surface area contributed by atoms with Gasteiger partial charge in [0.2, 0.25) is 0 Å². The van der Waals surface area contributed by atoms with Crippen LogP contribution in [0, 0.1) is 0 Å². The highest BCUT2D eigenvalue weighted by molar-refractivity contribution is 5.99. The fourth-order valence-corrected chi connectivity index (χ4v) is 1.97. The molecule has 0 saturated heterocycles. The monoisotopic (exact) mass is 254 g/mol. The van der Waals surface area contributed by atoms with Gasteiger partial charge in [-0.05, 0) is 37.1 Å². The highest BCUT2D eigenvalue weighted by Gasteiger charge is 2.05. The number of carbonyl (C=O) groups is 1. The van der Waals surface area contributed by atoms with Crippen molar-refractivity contribution in [1.29, 1.82) is 0 Å². The van der Waals surface area contributed by atoms with Gasteiger partial charge in [0, 0.05) is 23.5 Å². The lowest BCUT2D eigenvalue weighted by Gasteiger charge is -2.09. The Kier molecular flexibility index (Phi) is 4.18. The Morgan fingerprint density at radius 1 is 1.16 bits per heavy atom. The van der Waals surface area contributed by atoms with Gasteiger partial charge in [0.15, 0.2) is 5.78 Å². The summed E-state index contributed by atoms with van der Waals surface area (Å²) in [5.74, 6) is -0.00999. The SMILES string of the molecule is CC(=O)c1cc(NCCc2ccccc2)ccc1N. The van der Waals surface area contributed by atoms with Crippen molar-refractivity contribution in [3.8, 4) is 0 Å². The van der Waals surface area contributed by atoms with Crippen LogP contribution in [0.5, 0.6) is 0 Å². The summed E-state index contributed by atoms with van der Waals surface area (Å²) >= 11 is 0. The Morgan fingerprint density at radius 2 is 1.89 bits per heavy atom. The molecular weight excluding hydrogens is 236 g/mol. The molecule has 0 unspecified atom stereocenters. The van der Waals surface area contributed by atoms with E-state index in [1.807, 2.05) is 30.3 Å². The van der Waals surface area contributed by atoms with Gasteiger partial charge < -0.3 is 11.1 Å². The van der Waals surface area contributed by atoms with Crippen LogP contribution in [0.25, 0.3) is 0 Å². The van der Waals surface area contributed by atoms with Gasteiger partial charge in [0.05, 0.1) is 0 Å². The van der Waals surface area contributed by atoms with Gasteiger partial charge in [-0.2, -0.15) is 0 Å². The Bertz CT molecular complexity index is 564. The van der Waals surface area contributed by atoms with Gasteiger partial charge in [0.1, 0.15) is 0 Å². The maximum Gasteiger partial charge on any atom is 0.161 e. The van der Waals surface area contributed by atoms with E-state index in [1.54, 1.807) is 6.07 Å². The molecule has 0 atom stereocenters. The molecule has 0 aliphatic heterocycles. The molecule has 0 saturated carbocycles. The van der Waals surface area contributed by atoms with Gasteiger partial charge in [-0.25, -0.2) is 0 Å². The number of anilines is 2. The summed E-state index contributed by atoms with van der Waals surface area (Å²) in [4.78, 5) is 11.4. The van der Waals surface area contributed by atoms with E-state index in [1.165, 1.54) is 12.5 Å². The van der Waals surface area contributed by atoms with Crippen LogP contribution >= 0.6 is 0 Å². The molecule has 98 valence electrons. The molecule has 2 aromatic carbocycles. The van der Waals surface area contributed by atoms with Crippen molar-refractivity contribution in [2.75, 3.05) is 17.6 Å². The molecule has 0 aliphatic rings. The van der Waals surface area contributed by atoms with Crippen molar-refractivity contribution in [3.05, 3.63) is 59.7 Å². The highest BCUT2D eigenvalue weighted by Crippen LogP contribution is 2.18. The molecule has 0 aliphatic carbocycles. The second-order valence-corrected chi connectivity index (χ2v) is 4.52. The van der Waals surface area contributed by atoms with E-state index in [0.717, 1.165) is 18.7 Å². The molecular formula is C16H18N2O. The maximum absolute atomic E-state index is 11.4. The minimum absolute atomic E-state index is 0.00999. The quantitative estimate of drug-likeness (QED) is 0.636. The second-order valence-electron chi connectivity index (χ2n) is 4.52. The van der Waals surface area contributed by atoms with E-state index >= 15 is 0 Å². The van der Waals surface area contributed by atoms with Gasteiger partial charge in [0.25, 0.3) is 0 Å². The summed E-state index contributed by atoms with van der Waals surface area (Å²) in [5.41, 5.74) is 9.08. The lowest BCUT2D eigenvalue weighted by atomic mass is 10.1. The fraction of sp³-hybridized carbons (Fsp3) is 0.188. The number of rotatable bonds is 5. The van der Waals surface area contributed by atoms with Gasteiger partial charge >= 0.3 is 0 Å². The van der Waals surface area contributed by atoms with E-state index in [2.05, 4.69) is 17.4 Å².